The van der Waals surface area contributed by atoms with Crippen molar-refractivity contribution in [3.05, 3.63) is 22.2 Å². The van der Waals surface area contributed by atoms with E-state index in [0.717, 1.165) is 10.0 Å². The first-order chi connectivity index (χ1) is 7.22. The van der Waals surface area contributed by atoms with Crippen molar-refractivity contribution in [3.8, 4) is 17.6 Å². The Balaban J connectivity index is 3.14. The molecule has 1 aromatic rings. The summed E-state index contributed by atoms with van der Waals surface area (Å²) in [4.78, 5) is 0. The normalized spacial score (nSPS) is 9.47. The molecule has 0 N–H and O–H groups in total. The summed E-state index contributed by atoms with van der Waals surface area (Å²) in [5.41, 5.74) is 0.911. The first-order valence-corrected chi connectivity index (χ1v) is 5.38. The number of nitrogens with zero attached hydrogens (tertiary/aromatic N) is 1. The van der Waals surface area contributed by atoms with Crippen molar-refractivity contribution in [1.29, 1.82) is 5.26 Å². The Morgan fingerprint density at radius 3 is 2.73 bits per heavy atom. The molecule has 1 rings (SSSR count). The summed E-state index contributed by atoms with van der Waals surface area (Å²) >= 11 is 3.38. The second-order valence-corrected chi connectivity index (χ2v) is 3.73. The average Bonchev–Trinajstić information content (AvgIpc) is 2.18. The second-order valence-electron chi connectivity index (χ2n) is 2.88. The first kappa shape index (κ1) is 11.9. The van der Waals surface area contributed by atoms with Crippen LogP contribution in [0, 0.1) is 11.3 Å². The molecule has 1 aromatic carbocycles. The monoisotopic (exact) mass is 269 g/mol. The van der Waals surface area contributed by atoms with Gasteiger partial charge in [-0.3, -0.25) is 0 Å². The maximum absolute atomic E-state index is 8.62. The van der Waals surface area contributed by atoms with Crippen LogP contribution in [0.15, 0.2) is 16.6 Å². The van der Waals surface area contributed by atoms with E-state index in [1.807, 2.05) is 19.1 Å². The molecule has 0 amide bonds. The molecule has 15 heavy (non-hydrogen) atoms. The average molecular weight is 270 g/mol. The Bertz CT molecular complexity index is 385. The maximum Gasteiger partial charge on any atom is 0.174 e. The van der Waals surface area contributed by atoms with E-state index in [-0.39, 0.29) is 0 Å². The molecule has 0 radical (unpaired) electrons. The van der Waals surface area contributed by atoms with Gasteiger partial charge in [-0.2, -0.15) is 5.26 Å². The molecule has 0 unspecified atom stereocenters. The van der Waals surface area contributed by atoms with Crippen LogP contribution in [-0.4, -0.2) is 13.7 Å². The number of rotatable bonds is 4. The zero-order valence-corrected chi connectivity index (χ0v) is 10.3. The van der Waals surface area contributed by atoms with Gasteiger partial charge in [0.2, 0.25) is 0 Å². The Kier molecular flexibility index (Phi) is 4.44. The SMILES string of the molecule is CCOc1cc(CC#N)cc(Br)c1OC. The number of nitriles is 1. The van der Waals surface area contributed by atoms with Crippen molar-refractivity contribution in [2.45, 2.75) is 13.3 Å². The van der Waals surface area contributed by atoms with E-state index in [1.54, 1.807) is 7.11 Å². The molecule has 0 aliphatic heterocycles. The van der Waals surface area contributed by atoms with Crippen LogP contribution in [0.3, 0.4) is 0 Å². The first-order valence-electron chi connectivity index (χ1n) is 4.59. The minimum atomic E-state index is 0.364. The van der Waals surface area contributed by atoms with Gasteiger partial charge in [0, 0.05) is 0 Å². The summed E-state index contributed by atoms with van der Waals surface area (Å²) < 4.78 is 11.4. The predicted octanol–water partition coefficient (Wildman–Crippen LogP) is 2.92. The molecule has 0 fully saturated rings. The molecule has 4 heteroatoms. The van der Waals surface area contributed by atoms with Crippen molar-refractivity contribution in [1.82, 2.24) is 0 Å². The molecule has 0 aromatic heterocycles. The smallest absolute Gasteiger partial charge is 0.174 e. The van der Waals surface area contributed by atoms with Gasteiger partial charge >= 0.3 is 0 Å². The largest absolute Gasteiger partial charge is 0.492 e. The lowest BCUT2D eigenvalue weighted by Crippen LogP contribution is -1.97. The fourth-order valence-electron chi connectivity index (χ4n) is 1.28. The second kappa shape index (κ2) is 5.62. The molecule has 0 saturated heterocycles. The van der Waals surface area contributed by atoms with E-state index in [2.05, 4.69) is 22.0 Å². The molecule has 0 saturated carbocycles. The number of hydrogen-bond acceptors (Lipinski definition) is 3. The molecular formula is C11H12BrNO2. The van der Waals surface area contributed by atoms with Crippen molar-refractivity contribution in [2.75, 3.05) is 13.7 Å². The van der Waals surface area contributed by atoms with E-state index in [9.17, 15) is 0 Å². The van der Waals surface area contributed by atoms with Gasteiger partial charge < -0.3 is 9.47 Å². The molecule has 0 atom stereocenters. The third kappa shape index (κ3) is 2.87. The number of ether oxygens (including phenoxy) is 2. The van der Waals surface area contributed by atoms with Crippen LogP contribution >= 0.6 is 15.9 Å². The van der Waals surface area contributed by atoms with Crippen LogP contribution in [0.2, 0.25) is 0 Å². The van der Waals surface area contributed by atoms with Gasteiger partial charge in [-0.05, 0) is 40.5 Å². The summed E-state index contributed by atoms with van der Waals surface area (Å²) in [6, 6.07) is 5.80. The van der Waals surface area contributed by atoms with E-state index in [1.165, 1.54) is 0 Å². The summed E-state index contributed by atoms with van der Waals surface area (Å²) in [5, 5.41) is 8.62. The van der Waals surface area contributed by atoms with Crippen LogP contribution in [-0.2, 0) is 6.42 Å². The lowest BCUT2D eigenvalue weighted by Gasteiger charge is -2.12. The van der Waals surface area contributed by atoms with Crippen LogP contribution in [0.1, 0.15) is 12.5 Å². The van der Waals surface area contributed by atoms with E-state index < -0.39 is 0 Å². The van der Waals surface area contributed by atoms with Crippen molar-refractivity contribution < 1.29 is 9.47 Å². The van der Waals surface area contributed by atoms with Crippen molar-refractivity contribution in [2.24, 2.45) is 0 Å². The zero-order valence-electron chi connectivity index (χ0n) is 8.71. The highest BCUT2D eigenvalue weighted by molar-refractivity contribution is 9.10. The van der Waals surface area contributed by atoms with Crippen LogP contribution in [0.25, 0.3) is 0 Å². The lowest BCUT2D eigenvalue weighted by atomic mass is 10.1. The van der Waals surface area contributed by atoms with Gasteiger partial charge in [0.1, 0.15) is 0 Å². The van der Waals surface area contributed by atoms with E-state index in [0.29, 0.717) is 24.5 Å². The van der Waals surface area contributed by atoms with Gasteiger partial charge in [-0.1, -0.05) is 0 Å². The quantitative estimate of drug-likeness (QED) is 0.844. The Hall–Kier alpha value is -1.21. The lowest BCUT2D eigenvalue weighted by molar-refractivity contribution is 0.309. The molecule has 0 heterocycles. The van der Waals surface area contributed by atoms with Crippen LogP contribution < -0.4 is 9.47 Å². The third-order valence-corrected chi connectivity index (χ3v) is 2.45. The minimum absolute atomic E-state index is 0.364. The third-order valence-electron chi connectivity index (χ3n) is 1.86. The Labute approximate surface area is 97.7 Å². The molecular weight excluding hydrogens is 258 g/mol. The van der Waals surface area contributed by atoms with Gasteiger partial charge in [0.15, 0.2) is 11.5 Å². The van der Waals surface area contributed by atoms with Crippen LogP contribution in [0.4, 0.5) is 0 Å². The minimum Gasteiger partial charge on any atom is -0.492 e. The molecule has 0 aliphatic rings. The van der Waals surface area contributed by atoms with Crippen LogP contribution in [0.5, 0.6) is 11.5 Å². The molecule has 0 bridgehead atoms. The topological polar surface area (TPSA) is 42.2 Å². The molecule has 3 nitrogen and oxygen atoms in total. The summed E-state index contributed by atoms with van der Waals surface area (Å²) in [6.07, 6.45) is 0.364. The van der Waals surface area contributed by atoms with Gasteiger partial charge in [-0.15, -0.1) is 0 Å². The van der Waals surface area contributed by atoms with Crippen molar-refractivity contribution in [3.63, 3.8) is 0 Å². The number of hydrogen-bond donors (Lipinski definition) is 0. The van der Waals surface area contributed by atoms with Gasteiger partial charge in [-0.25, -0.2) is 0 Å². The zero-order chi connectivity index (χ0) is 11.3. The highest BCUT2D eigenvalue weighted by Gasteiger charge is 2.10. The summed E-state index contributed by atoms with van der Waals surface area (Å²) in [5.74, 6) is 1.33. The highest BCUT2D eigenvalue weighted by atomic mass is 79.9. The van der Waals surface area contributed by atoms with Crippen molar-refractivity contribution >= 4 is 15.9 Å². The molecule has 0 spiro atoms. The summed E-state index contributed by atoms with van der Waals surface area (Å²) in [7, 11) is 1.59. The Morgan fingerprint density at radius 1 is 1.47 bits per heavy atom. The predicted molar refractivity (Wildman–Crippen MR) is 61.2 cm³/mol. The fourth-order valence-corrected chi connectivity index (χ4v) is 1.93. The van der Waals surface area contributed by atoms with E-state index in [4.69, 9.17) is 14.7 Å². The maximum atomic E-state index is 8.62. The fraction of sp³-hybridized carbons (Fsp3) is 0.364. The van der Waals surface area contributed by atoms with Gasteiger partial charge in [0.25, 0.3) is 0 Å². The van der Waals surface area contributed by atoms with Gasteiger partial charge in [0.05, 0.1) is 30.7 Å². The number of methoxy groups -OCH3 is 1. The summed E-state index contributed by atoms with van der Waals surface area (Å²) in [6.45, 7) is 2.48. The van der Waals surface area contributed by atoms with E-state index >= 15 is 0 Å². The molecule has 0 aliphatic carbocycles. The number of benzene rings is 1. The highest BCUT2D eigenvalue weighted by Crippen LogP contribution is 2.36. The number of halogens is 1. The molecule has 80 valence electrons. The standard InChI is InChI=1S/C11H12BrNO2/c1-3-15-10-7-8(4-5-13)6-9(12)11(10)14-2/h6-7H,3-4H2,1-2H3. The Morgan fingerprint density at radius 2 is 2.20 bits per heavy atom.